The van der Waals surface area contributed by atoms with Gasteiger partial charge < -0.3 is 34.5 Å². The number of aromatic nitrogens is 3. The third kappa shape index (κ3) is 5.30. The van der Waals surface area contributed by atoms with Gasteiger partial charge in [0.25, 0.3) is 0 Å². The van der Waals surface area contributed by atoms with Crippen molar-refractivity contribution in [1.29, 1.82) is 0 Å². The lowest BCUT2D eigenvalue weighted by Crippen LogP contribution is -2.50. The van der Waals surface area contributed by atoms with Crippen LogP contribution in [-0.4, -0.2) is 116 Å². The number of likely N-dealkylation sites (N-methyl/N-ethyl adjacent to an activating group) is 1. The monoisotopic (exact) mass is 610 g/mol. The number of H-pyrrole nitrogens is 1. The summed E-state index contributed by atoms with van der Waals surface area (Å²) in [4.78, 5) is 19.3. The lowest BCUT2D eigenvalue weighted by molar-refractivity contribution is 0.222. The summed E-state index contributed by atoms with van der Waals surface area (Å²) < 4.78 is 38.6. The highest BCUT2D eigenvalue weighted by atomic mass is 32.2. The SMILES string of the molecule is COc1cc2[nH]c3ncnc(N4CCN(C(=S)Nc5ccc(S(=O)(=O)N6CCN(C)CC6)cc5)CC4)c3c2cc1OC. The molecule has 42 heavy (non-hydrogen) atoms. The molecule has 2 aliphatic heterocycles. The highest BCUT2D eigenvalue weighted by Crippen LogP contribution is 2.38. The topological polar surface area (TPSA) is 119 Å². The number of benzene rings is 2. The molecule has 2 aromatic carbocycles. The Hall–Kier alpha value is -3.72. The first-order valence-electron chi connectivity index (χ1n) is 13.8. The molecule has 0 spiro atoms. The van der Waals surface area contributed by atoms with E-state index in [9.17, 15) is 8.42 Å². The van der Waals surface area contributed by atoms with Gasteiger partial charge in [-0.3, -0.25) is 0 Å². The average Bonchev–Trinajstić information content (AvgIpc) is 3.38. The van der Waals surface area contributed by atoms with Crippen molar-refractivity contribution >= 4 is 60.8 Å². The molecule has 0 saturated carbocycles. The number of nitrogens with zero attached hydrogens (tertiary/aromatic N) is 6. The Labute approximate surface area is 250 Å². The van der Waals surface area contributed by atoms with Crippen LogP contribution in [0.2, 0.25) is 0 Å². The second kappa shape index (κ2) is 11.5. The Kier molecular flexibility index (Phi) is 7.79. The second-order valence-corrected chi connectivity index (χ2v) is 12.8. The van der Waals surface area contributed by atoms with Crippen molar-refractivity contribution in [2.75, 3.05) is 83.8 Å². The van der Waals surface area contributed by atoms with Crippen LogP contribution in [-0.2, 0) is 10.0 Å². The standard InChI is InChI=1S/C28H34N8O4S2/c1-33-8-14-36(15-9-33)42(37,38)20-6-4-19(5-7-20)31-28(41)35-12-10-34(11-13-35)27-25-21-16-23(39-2)24(40-3)17-22(21)32-26(25)29-18-30-27/h4-7,16-18H,8-15H2,1-3H3,(H,31,41)(H,29,30,32). The average molecular weight is 611 g/mol. The quantitative estimate of drug-likeness (QED) is 0.314. The van der Waals surface area contributed by atoms with Crippen molar-refractivity contribution in [3.05, 3.63) is 42.7 Å². The summed E-state index contributed by atoms with van der Waals surface area (Å²) in [5, 5.41) is 5.78. The number of thiocarbonyl (C=S) groups is 1. The number of sulfonamides is 1. The van der Waals surface area contributed by atoms with Gasteiger partial charge in [-0.15, -0.1) is 0 Å². The number of anilines is 2. The summed E-state index contributed by atoms with van der Waals surface area (Å²) in [7, 11) is 1.73. The maximum Gasteiger partial charge on any atom is 0.243 e. The molecule has 6 rings (SSSR count). The van der Waals surface area contributed by atoms with Crippen molar-refractivity contribution in [3.8, 4) is 11.5 Å². The number of piperazine rings is 2. The predicted octanol–water partition coefficient (Wildman–Crippen LogP) is 2.58. The molecule has 0 aliphatic carbocycles. The van der Waals surface area contributed by atoms with E-state index < -0.39 is 10.0 Å². The van der Waals surface area contributed by atoms with E-state index in [1.54, 1.807) is 49.1 Å². The summed E-state index contributed by atoms with van der Waals surface area (Å²) in [5.41, 5.74) is 2.40. The highest BCUT2D eigenvalue weighted by molar-refractivity contribution is 7.89. The number of hydrogen-bond acceptors (Lipinski definition) is 9. The van der Waals surface area contributed by atoms with E-state index in [1.807, 2.05) is 19.2 Å². The van der Waals surface area contributed by atoms with Crippen LogP contribution in [0.4, 0.5) is 11.5 Å². The first kappa shape index (κ1) is 28.4. The lowest BCUT2D eigenvalue weighted by atomic mass is 10.1. The molecule has 222 valence electrons. The Bertz CT molecular complexity index is 1710. The maximum absolute atomic E-state index is 13.0. The van der Waals surface area contributed by atoms with E-state index in [-0.39, 0.29) is 0 Å². The van der Waals surface area contributed by atoms with Gasteiger partial charge in [0, 0.05) is 69.5 Å². The van der Waals surface area contributed by atoms with Gasteiger partial charge in [-0.2, -0.15) is 4.31 Å². The van der Waals surface area contributed by atoms with Crippen LogP contribution in [0.25, 0.3) is 21.9 Å². The van der Waals surface area contributed by atoms with Gasteiger partial charge in [0.2, 0.25) is 10.0 Å². The van der Waals surface area contributed by atoms with Gasteiger partial charge in [-0.05, 0) is 49.6 Å². The summed E-state index contributed by atoms with van der Waals surface area (Å²) in [5.74, 6) is 2.15. The first-order chi connectivity index (χ1) is 20.3. The van der Waals surface area contributed by atoms with Crippen LogP contribution in [0.3, 0.4) is 0 Å². The summed E-state index contributed by atoms with van der Waals surface area (Å²) in [6.45, 7) is 5.30. The van der Waals surface area contributed by atoms with Crippen LogP contribution in [0.5, 0.6) is 11.5 Å². The maximum atomic E-state index is 13.0. The van der Waals surface area contributed by atoms with Gasteiger partial charge in [0.15, 0.2) is 16.6 Å². The summed E-state index contributed by atoms with van der Waals surface area (Å²) >= 11 is 5.72. The van der Waals surface area contributed by atoms with Crippen LogP contribution in [0.15, 0.2) is 47.6 Å². The number of ether oxygens (including phenoxy) is 2. The first-order valence-corrected chi connectivity index (χ1v) is 15.6. The molecule has 0 radical (unpaired) electrons. The van der Waals surface area contributed by atoms with E-state index in [0.29, 0.717) is 47.7 Å². The zero-order valence-electron chi connectivity index (χ0n) is 23.8. The number of nitrogens with one attached hydrogen (secondary N) is 2. The van der Waals surface area contributed by atoms with Crippen molar-refractivity contribution < 1.29 is 17.9 Å². The Morgan fingerprint density at radius 2 is 1.60 bits per heavy atom. The Balaban J connectivity index is 1.12. The molecule has 2 aliphatic rings. The molecule has 0 atom stereocenters. The van der Waals surface area contributed by atoms with E-state index in [2.05, 4.69) is 35.0 Å². The number of fused-ring (bicyclic) bond motifs is 3. The molecule has 2 N–H and O–H groups in total. The van der Waals surface area contributed by atoms with Crippen molar-refractivity contribution in [1.82, 2.24) is 29.1 Å². The molecule has 0 unspecified atom stereocenters. The van der Waals surface area contributed by atoms with Crippen LogP contribution >= 0.6 is 12.2 Å². The van der Waals surface area contributed by atoms with Crippen molar-refractivity contribution in [3.63, 3.8) is 0 Å². The number of methoxy groups -OCH3 is 2. The van der Waals surface area contributed by atoms with Crippen molar-refractivity contribution in [2.24, 2.45) is 0 Å². The molecule has 12 nitrogen and oxygen atoms in total. The number of aromatic amines is 1. The smallest absolute Gasteiger partial charge is 0.243 e. The third-order valence-electron chi connectivity index (χ3n) is 7.95. The van der Waals surface area contributed by atoms with Crippen LogP contribution in [0.1, 0.15) is 0 Å². The van der Waals surface area contributed by atoms with Gasteiger partial charge in [-0.1, -0.05) is 0 Å². The van der Waals surface area contributed by atoms with Crippen LogP contribution in [0, 0.1) is 0 Å². The second-order valence-electron chi connectivity index (χ2n) is 10.4. The normalized spacial score (nSPS) is 17.1. The molecule has 0 bridgehead atoms. The fourth-order valence-electron chi connectivity index (χ4n) is 5.49. The lowest BCUT2D eigenvalue weighted by Gasteiger charge is -2.37. The summed E-state index contributed by atoms with van der Waals surface area (Å²) in [6, 6.07) is 10.7. The van der Waals surface area contributed by atoms with Gasteiger partial charge >= 0.3 is 0 Å². The minimum absolute atomic E-state index is 0.293. The molecule has 0 amide bonds. The van der Waals surface area contributed by atoms with Gasteiger partial charge in [0.1, 0.15) is 17.8 Å². The zero-order chi connectivity index (χ0) is 29.4. The molecule has 14 heteroatoms. The van der Waals surface area contributed by atoms with E-state index in [1.165, 1.54) is 0 Å². The fraction of sp³-hybridized carbons (Fsp3) is 0.393. The van der Waals surface area contributed by atoms with E-state index in [4.69, 9.17) is 21.7 Å². The van der Waals surface area contributed by atoms with Gasteiger partial charge in [0.05, 0.1) is 30.0 Å². The number of hydrogen-bond donors (Lipinski definition) is 2. The molecular formula is C28H34N8O4S2. The highest BCUT2D eigenvalue weighted by Gasteiger charge is 2.28. The predicted molar refractivity (Wildman–Crippen MR) is 167 cm³/mol. The molecule has 2 saturated heterocycles. The minimum Gasteiger partial charge on any atom is -0.493 e. The fourth-order valence-corrected chi connectivity index (χ4v) is 7.21. The summed E-state index contributed by atoms with van der Waals surface area (Å²) in [6.07, 6.45) is 1.58. The Morgan fingerprint density at radius 3 is 2.26 bits per heavy atom. The Morgan fingerprint density at radius 1 is 0.929 bits per heavy atom. The third-order valence-corrected chi connectivity index (χ3v) is 10.2. The largest absolute Gasteiger partial charge is 0.493 e. The molecule has 2 aromatic heterocycles. The van der Waals surface area contributed by atoms with Crippen LogP contribution < -0.4 is 19.7 Å². The van der Waals surface area contributed by atoms with Crippen molar-refractivity contribution in [2.45, 2.75) is 4.90 Å². The van der Waals surface area contributed by atoms with Gasteiger partial charge in [-0.25, -0.2) is 18.4 Å². The zero-order valence-corrected chi connectivity index (χ0v) is 25.5. The minimum atomic E-state index is -3.51. The molecule has 4 aromatic rings. The molecule has 4 heterocycles. The number of rotatable bonds is 6. The molecule has 2 fully saturated rings. The van der Waals surface area contributed by atoms with E-state index >= 15 is 0 Å². The molecular weight excluding hydrogens is 576 g/mol. The van der Waals surface area contributed by atoms with E-state index in [0.717, 1.165) is 59.6 Å².